The molecule has 0 atom stereocenters. The molecule has 1 saturated carbocycles. The number of rotatable bonds is 6. The zero-order valence-corrected chi connectivity index (χ0v) is 18.8. The van der Waals surface area contributed by atoms with Crippen LogP contribution in [-0.4, -0.2) is 47.0 Å². The third kappa shape index (κ3) is 4.82. The molecule has 4 rings (SSSR count). The van der Waals surface area contributed by atoms with Crippen LogP contribution < -0.4 is 4.90 Å². The molecule has 0 spiro atoms. The summed E-state index contributed by atoms with van der Waals surface area (Å²) in [6.07, 6.45) is 3.87. The van der Waals surface area contributed by atoms with Crippen LogP contribution in [0, 0.1) is 25.7 Å². The van der Waals surface area contributed by atoms with E-state index in [1.54, 1.807) is 0 Å². The number of nitrogens with zero attached hydrogens (tertiary/aromatic N) is 4. The van der Waals surface area contributed by atoms with Crippen LogP contribution in [-0.2, 0) is 17.6 Å². The van der Waals surface area contributed by atoms with Crippen molar-refractivity contribution >= 4 is 11.7 Å². The SMILES string of the molecule is Cc1cccc(Cc2c(C)nc(CC(C)C)nc2N2CCN(C(=O)C3CC3)CC2)c1. The van der Waals surface area contributed by atoms with Crippen LogP contribution in [0.3, 0.4) is 0 Å². The summed E-state index contributed by atoms with van der Waals surface area (Å²) in [6.45, 7) is 11.9. The van der Waals surface area contributed by atoms with Gasteiger partial charge in [-0.25, -0.2) is 9.97 Å². The van der Waals surface area contributed by atoms with Crippen LogP contribution in [0.1, 0.15) is 54.9 Å². The summed E-state index contributed by atoms with van der Waals surface area (Å²) < 4.78 is 0. The average Bonchev–Trinajstić information content (AvgIpc) is 3.54. The van der Waals surface area contributed by atoms with E-state index in [0.29, 0.717) is 17.7 Å². The van der Waals surface area contributed by atoms with Gasteiger partial charge in [0, 0.05) is 56.2 Å². The van der Waals surface area contributed by atoms with Gasteiger partial charge < -0.3 is 9.80 Å². The Kier molecular flexibility index (Phi) is 6.07. The molecular formula is C25H34N4O. The predicted molar refractivity (Wildman–Crippen MR) is 121 cm³/mol. The van der Waals surface area contributed by atoms with Gasteiger partial charge in [-0.2, -0.15) is 0 Å². The molecule has 2 aromatic rings. The van der Waals surface area contributed by atoms with E-state index in [0.717, 1.165) is 69.2 Å². The van der Waals surface area contributed by atoms with Gasteiger partial charge in [0.15, 0.2) is 0 Å². The van der Waals surface area contributed by atoms with Crippen molar-refractivity contribution in [2.24, 2.45) is 11.8 Å². The number of carbonyl (C=O) groups excluding carboxylic acids is 1. The van der Waals surface area contributed by atoms with E-state index in [2.05, 4.69) is 61.8 Å². The number of hydrogen-bond donors (Lipinski definition) is 0. The number of piperazine rings is 1. The summed E-state index contributed by atoms with van der Waals surface area (Å²) in [5, 5.41) is 0. The average molecular weight is 407 g/mol. The lowest BCUT2D eigenvalue weighted by Crippen LogP contribution is -2.49. The number of benzene rings is 1. The van der Waals surface area contributed by atoms with E-state index in [-0.39, 0.29) is 0 Å². The summed E-state index contributed by atoms with van der Waals surface area (Å²) in [5.41, 5.74) is 4.86. The van der Waals surface area contributed by atoms with E-state index in [1.165, 1.54) is 16.7 Å². The Morgan fingerprint density at radius 2 is 1.83 bits per heavy atom. The van der Waals surface area contributed by atoms with Gasteiger partial charge in [-0.15, -0.1) is 0 Å². The smallest absolute Gasteiger partial charge is 0.225 e. The van der Waals surface area contributed by atoms with Gasteiger partial charge in [-0.1, -0.05) is 43.7 Å². The molecule has 1 aromatic heterocycles. The molecule has 30 heavy (non-hydrogen) atoms. The molecule has 0 unspecified atom stereocenters. The molecule has 0 bridgehead atoms. The van der Waals surface area contributed by atoms with Crippen molar-refractivity contribution in [3.63, 3.8) is 0 Å². The van der Waals surface area contributed by atoms with Crippen molar-refractivity contribution < 1.29 is 4.79 Å². The molecule has 2 fully saturated rings. The summed E-state index contributed by atoms with van der Waals surface area (Å²) in [4.78, 5) is 26.8. The first-order valence-corrected chi connectivity index (χ1v) is 11.4. The third-order valence-corrected chi connectivity index (χ3v) is 6.11. The second-order valence-electron chi connectivity index (χ2n) is 9.38. The fraction of sp³-hybridized carbons (Fsp3) is 0.560. The van der Waals surface area contributed by atoms with Gasteiger partial charge in [0.05, 0.1) is 0 Å². The fourth-order valence-corrected chi connectivity index (χ4v) is 4.32. The lowest BCUT2D eigenvalue weighted by atomic mass is 10.0. The Labute approximate surface area is 180 Å². The van der Waals surface area contributed by atoms with Gasteiger partial charge in [0.2, 0.25) is 5.91 Å². The van der Waals surface area contributed by atoms with Crippen molar-refractivity contribution in [1.29, 1.82) is 0 Å². The summed E-state index contributed by atoms with van der Waals surface area (Å²) in [7, 11) is 0. The maximum atomic E-state index is 12.5. The van der Waals surface area contributed by atoms with E-state index in [9.17, 15) is 4.79 Å². The Morgan fingerprint density at radius 1 is 1.10 bits per heavy atom. The molecule has 1 aromatic carbocycles. The Morgan fingerprint density at radius 3 is 2.47 bits per heavy atom. The Hall–Kier alpha value is -2.43. The van der Waals surface area contributed by atoms with Gasteiger partial charge >= 0.3 is 0 Å². The predicted octanol–water partition coefficient (Wildman–Crippen LogP) is 3.94. The molecule has 160 valence electrons. The van der Waals surface area contributed by atoms with E-state index < -0.39 is 0 Å². The Bertz CT molecular complexity index is 911. The number of carbonyl (C=O) groups is 1. The largest absolute Gasteiger partial charge is 0.353 e. The molecule has 1 saturated heterocycles. The molecule has 1 aliphatic carbocycles. The molecule has 5 nitrogen and oxygen atoms in total. The maximum absolute atomic E-state index is 12.5. The van der Waals surface area contributed by atoms with Crippen LogP contribution in [0.5, 0.6) is 0 Å². The van der Waals surface area contributed by atoms with Crippen LogP contribution in [0.25, 0.3) is 0 Å². The summed E-state index contributed by atoms with van der Waals surface area (Å²) >= 11 is 0. The quantitative estimate of drug-likeness (QED) is 0.729. The number of aromatic nitrogens is 2. The highest BCUT2D eigenvalue weighted by molar-refractivity contribution is 5.81. The number of aryl methyl sites for hydroxylation is 2. The zero-order chi connectivity index (χ0) is 21.3. The van der Waals surface area contributed by atoms with Crippen LogP contribution in [0.4, 0.5) is 5.82 Å². The molecular weight excluding hydrogens is 372 g/mol. The van der Waals surface area contributed by atoms with E-state index >= 15 is 0 Å². The highest BCUT2D eigenvalue weighted by Crippen LogP contribution is 2.32. The lowest BCUT2D eigenvalue weighted by molar-refractivity contribution is -0.132. The second-order valence-corrected chi connectivity index (χ2v) is 9.38. The van der Waals surface area contributed by atoms with Crippen LogP contribution in [0.2, 0.25) is 0 Å². The number of hydrogen-bond acceptors (Lipinski definition) is 4. The zero-order valence-electron chi connectivity index (χ0n) is 18.8. The fourth-order valence-electron chi connectivity index (χ4n) is 4.32. The molecule has 2 heterocycles. The van der Waals surface area contributed by atoms with Crippen molar-refractivity contribution in [1.82, 2.24) is 14.9 Å². The van der Waals surface area contributed by atoms with Crippen molar-refractivity contribution in [3.8, 4) is 0 Å². The standard InChI is InChI=1S/C25H34N4O/c1-17(2)14-23-26-19(4)22(16-20-7-5-6-18(3)15-20)24(27-23)28-10-12-29(13-11-28)25(30)21-8-9-21/h5-7,15,17,21H,8-14,16H2,1-4H3. The molecule has 2 aliphatic rings. The normalized spacial score (nSPS) is 17.0. The first-order valence-electron chi connectivity index (χ1n) is 11.4. The van der Waals surface area contributed by atoms with Crippen LogP contribution in [0.15, 0.2) is 24.3 Å². The minimum atomic E-state index is 0.298. The van der Waals surface area contributed by atoms with Gasteiger partial charge in [-0.3, -0.25) is 4.79 Å². The minimum Gasteiger partial charge on any atom is -0.353 e. The molecule has 1 aliphatic heterocycles. The summed E-state index contributed by atoms with van der Waals surface area (Å²) in [5.74, 6) is 3.18. The number of anilines is 1. The monoisotopic (exact) mass is 406 g/mol. The summed E-state index contributed by atoms with van der Waals surface area (Å²) in [6, 6.07) is 8.69. The molecule has 5 heteroatoms. The molecule has 1 amide bonds. The van der Waals surface area contributed by atoms with Gasteiger partial charge in [0.25, 0.3) is 0 Å². The van der Waals surface area contributed by atoms with E-state index in [1.807, 2.05) is 0 Å². The first kappa shape index (κ1) is 20.8. The van der Waals surface area contributed by atoms with Crippen LogP contribution >= 0.6 is 0 Å². The third-order valence-electron chi connectivity index (χ3n) is 6.11. The first-order chi connectivity index (χ1) is 14.4. The Balaban J connectivity index is 1.60. The molecule has 0 N–H and O–H groups in total. The topological polar surface area (TPSA) is 49.3 Å². The lowest BCUT2D eigenvalue weighted by Gasteiger charge is -2.36. The molecule has 0 radical (unpaired) electrons. The maximum Gasteiger partial charge on any atom is 0.225 e. The second kappa shape index (κ2) is 8.75. The van der Waals surface area contributed by atoms with Gasteiger partial charge in [-0.05, 0) is 38.2 Å². The van der Waals surface area contributed by atoms with Crippen molar-refractivity contribution in [2.75, 3.05) is 31.1 Å². The minimum absolute atomic E-state index is 0.298. The van der Waals surface area contributed by atoms with Crippen molar-refractivity contribution in [3.05, 3.63) is 52.5 Å². The van der Waals surface area contributed by atoms with Gasteiger partial charge in [0.1, 0.15) is 11.6 Å². The number of amides is 1. The van der Waals surface area contributed by atoms with E-state index in [4.69, 9.17) is 9.97 Å². The highest BCUT2D eigenvalue weighted by atomic mass is 16.2. The highest BCUT2D eigenvalue weighted by Gasteiger charge is 2.35. The van der Waals surface area contributed by atoms with Crippen molar-refractivity contribution in [2.45, 2.75) is 53.4 Å².